The molecule has 8 heteroatoms. The van der Waals surface area contributed by atoms with Crippen LogP contribution in [0.4, 0.5) is 30.6 Å². The van der Waals surface area contributed by atoms with E-state index < -0.39 is 11.7 Å². The highest BCUT2D eigenvalue weighted by Gasteiger charge is 2.36. The van der Waals surface area contributed by atoms with Crippen LogP contribution in [0.3, 0.4) is 0 Å². The van der Waals surface area contributed by atoms with Gasteiger partial charge >= 0.3 is 6.18 Å². The first kappa shape index (κ1) is 17.2. The molecule has 1 aromatic carbocycles. The Kier molecular flexibility index (Phi) is 4.87. The van der Waals surface area contributed by atoms with Gasteiger partial charge in [-0.05, 0) is 37.0 Å². The Morgan fingerprint density at radius 1 is 1.28 bits per heavy atom. The summed E-state index contributed by atoms with van der Waals surface area (Å²) in [5.41, 5.74) is 0.521. The van der Waals surface area contributed by atoms with Gasteiger partial charge in [0.1, 0.15) is 17.7 Å². The molecule has 1 aliphatic carbocycles. The van der Waals surface area contributed by atoms with Gasteiger partial charge in [-0.1, -0.05) is 12.1 Å². The number of carbonyl (C=O) groups excluding carboxylic acids is 1. The average molecular weight is 350 g/mol. The van der Waals surface area contributed by atoms with Gasteiger partial charge < -0.3 is 15.4 Å². The number of aldehydes is 1. The second-order valence-electron chi connectivity index (χ2n) is 5.92. The van der Waals surface area contributed by atoms with E-state index in [1.165, 1.54) is 0 Å². The lowest BCUT2D eigenvalue weighted by molar-refractivity contribution is -0.137. The van der Waals surface area contributed by atoms with Crippen molar-refractivity contribution < 1.29 is 18.0 Å². The first-order chi connectivity index (χ1) is 12.0. The fraction of sp³-hybridized carbons (Fsp3) is 0.353. The number of anilines is 3. The molecule has 0 spiro atoms. The second kappa shape index (κ2) is 7.08. The molecule has 132 valence electrons. The van der Waals surface area contributed by atoms with Crippen LogP contribution in [0.1, 0.15) is 30.4 Å². The number of rotatable bonds is 6. The molecule has 0 atom stereocenters. The number of alkyl halides is 3. The van der Waals surface area contributed by atoms with Crippen molar-refractivity contribution in [1.29, 1.82) is 0 Å². The number of aromatic nitrogens is 2. The van der Waals surface area contributed by atoms with Crippen molar-refractivity contribution in [2.45, 2.75) is 37.9 Å². The summed E-state index contributed by atoms with van der Waals surface area (Å²) in [5, 5.41) is 5.74. The van der Waals surface area contributed by atoms with Gasteiger partial charge in [-0.15, -0.1) is 0 Å². The fourth-order valence-corrected chi connectivity index (χ4v) is 2.51. The highest BCUT2D eigenvalue weighted by atomic mass is 19.4. The van der Waals surface area contributed by atoms with Crippen molar-refractivity contribution >= 4 is 23.7 Å². The van der Waals surface area contributed by atoms with Gasteiger partial charge in [-0.2, -0.15) is 18.2 Å². The summed E-state index contributed by atoms with van der Waals surface area (Å²) >= 11 is 0. The molecule has 0 aliphatic heterocycles. The zero-order valence-corrected chi connectivity index (χ0v) is 13.3. The maximum atomic E-state index is 13.1. The van der Waals surface area contributed by atoms with E-state index in [2.05, 4.69) is 20.6 Å². The number of hydrogen-bond donors (Lipinski definition) is 2. The molecule has 1 heterocycles. The third kappa shape index (κ3) is 4.26. The molecule has 0 radical (unpaired) electrons. The molecule has 3 rings (SSSR count). The molecule has 1 saturated carbocycles. The minimum absolute atomic E-state index is 0.0137. The summed E-state index contributed by atoms with van der Waals surface area (Å²) in [6.07, 6.45) is -0.0271. The smallest absolute Gasteiger partial charge is 0.367 e. The second-order valence-corrected chi connectivity index (χ2v) is 5.92. The van der Waals surface area contributed by atoms with Gasteiger partial charge in [0, 0.05) is 24.3 Å². The van der Waals surface area contributed by atoms with E-state index in [-0.39, 0.29) is 24.2 Å². The van der Waals surface area contributed by atoms with E-state index in [0.717, 1.165) is 37.3 Å². The third-order valence-electron chi connectivity index (χ3n) is 4.04. The molecule has 0 bridgehead atoms. The molecule has 1 aromatic heterocycles. The average Bonchev–Trinajstić information content (AvgIpc) is 2.51. The van der Waals surface area contributed by atoms with Gasteiger partial charge in [-0.3, -0.25) is 0 Å². The number of halogens is 3. The van der Waals surface area contributed by atoms with Gasteiger partial charge in [0.25, 0.3) is 0 Å². The van der Waals surface area contributed by atoms with Gasteiger partial charge in [0.05, 0.1) is 0 Å². The molecule has 25 heavy (non-hydrogen) atoms. The topological polar surface area (TPSA) is 66.9 Å². The normalized spacial score (nSPS) is 14.7. The summed E-state index contributed by atoms with van der Waals surface area (Å²) in [7, 11) is 0. The van der Waals surface area contributed by atoms with E-state index in [0.29, 0.717) is 5.69 Å². The van der Waals surface area contributed by atoms with Gasteiger partial charge in [0.2, 0.25) is 5.95 Å². The summed E-state index contributed by atoms with van der Waals surface area (Å²) < 4.78 is 39.4. The van der Waals surface area contributed by atoms with Crippen molar-refractivity contribution in [3.8, 4) is 0 Å². The number of benzene rings is 1. The zero-order chi connectivity index (χ0) is 17.9. The predicted octanol–water partition coefficient (Wildman–Crippen LogP) is 3.94. The van der Waals surface area contributed by atoms with Crippen molar-refractivity contribution in [3.05, 3.63) is 41.6 Å². The van der Waals surface area contributed by atoms with Crippen molar-refractivity contribution in [2.75, 3.05) is 10.6 Å². The fourth-order valence-electron chi connectivity index (χ4n) is 2.51. The molecule has 0 amide bonds. The number of hydrogen-bond acceptors (Lipinski definition) is 5. The molecule has 2 aromatic rings. The Morgan fingerprint density at radius 2 is 2.08 bits per heavy atom. The van der Waals surface area contributed by atoms with E-state index in [1.807, 2.05) is 0 Å². The van der Waals surface area contributed by atoms with E-state index in [4.69, 9.17) is 0 Å². The number of carbonyl (C=O) groups is 1. The van der Waals surface area contributed by atoms with Crippen LogP contribution in [-0.4, -0.2) is 22.3 Å². The summed E-state index contributed by atoms with van der Waals surface area (Å²) in [4.78, 5) is 18.4. The first-order valence-electron chi connectivity index (χ1n) is 7.96. The third-order valence-corrected chi connectivity index (χ3v) is 4.04. The molecular formula is C17H17F3N4O. The molecule has 2 N–H and O–H groups in total. The predicted molar refractivity (Wildman–Crippen MR) is 87.8 cm³/mol. The summed E-state index contributed by atoms with van der Waals surface area (Å²) in [5.74, 6) is -0.142. The monoisotopic (exact) mass is 350 g/mol. The quantitative estimate of drug-likeness (QED) is 0.773. The largest absolute Gasteiger partial charge is 0.421 e. The van der Waals surface area contributed by atoms with Crippen LogP contribution in [0, 0.1) is 0 Å². The van der Waals surface area contributed by atoms with E-state index in [1.54, 1.807) is 24.3 Å². The maximum Gasteiger partial charge on any atom is 0.421 e. The van der Waals surface area contributed by atoms with Gasteiger partial charge in [-0.25, -0.2) is 4.98 Å². The lowest BCUT2D eigenvalue weighted by Gasteiger charge is -2.28. The van der Waals surface area contributed by atoms with Crippen LogP contribution in [0.25, 0.3) is 0 Å². The van der Waals surface area contributed by atoms with Crippen molar-refractivity contribution in [1.82, 2.24) is 9.97 Å². The molecule has 0 saturated heterocycles. The maximum absolute atomic E-state index is 13.1. The first-order valence-corrected chi connectivity index (χ1v) is 7.96. The van der Waals surface area contributed by atoms with Crippen LogP contribution in [0.5, 0.6) is 0 Å². The van der Waals surface area contributed by atoms with Crippen LogP contribution in [0.15, 0.2) is 30.5 Å². The Morgan fingerprint density at radius 3 is 2.72 bits per heavy atom. The number of nitrogens with zero attached hydrogens (tertiary/aromatic N) is 2. The Labute approximate surface area is 142 Å². The molecule has 1 fully saturated rings. The van der Waals surface area contributed by atoms with Crippen molar-refractivity contribution in [2.24, 2.45) is 0 Å². The van der Waals surface area contributed by atoms with Crippen LogP contribution in [0.2, 0.25) is 0 Å². The van der Waals surface area contributed by atoms with E-state index >= 15 is 0 Å². The Bertz CT molecular complexity index is 760. The minimum atomic E-state index is -4.52. The number of nitrogens with one attached hydrogen (secondary N) is 2. The lowest BCUT2D eigenvalue weighted by atomic mass is 9.93. The molecule has 0 unspecified atom stereocenters. The highest BCUT2D eigenvalue weighted by molar-refractivity contribution is 5.61. The Balaban J connectivity index is 1.85. The van der Waals surface area contributed by atoms with E-state index in [9.17, 15) is 18.0 Å². The summed E-state index contributed by atoms with van der Waals surface area (Å²) in [6.45, 7) is 0. The molecule has 5 nitrogen and oxygen atoms in total. The Hall–Kier alpha value is -2.64. The molecular weight excluding hydrogens is 333 g/mol. The van der Waals surface area contributed by atoms with Gasteiger partial charge in [0.15, 0.2) is 0 Å². The highest BCUT2D eigenvalue weighted by Crippen LogP contribution is 2.35. The van der Waals surface area contributed by atoms with Crippen LogP contribution >= 0.6 is 0 Å². The lowest BCUT2D eigenvalue weighted by Crippen LogP contribution is -2.29. The summed E-state index contributed by atoms with van der Waals surface area (Å²) in [6, 6.07) is 7.01. The van der Waals surface area contributed by atoms with Crippen LogP contribution < -0.4 is 10.6 Å². The van der Waals surface area contributed by atoms with Crippen molar-refractivity contribution in [3.63, 3.8) is 0 Å². The minimum Gasteiger partial charge on any atom is -0.367 e. The van der Waals surface area contributed by atoms with Crippen LogP contribution in [-0.2, 0) is 17.4 Å². The standard InChI is InChI=1S/C17H17F3N4O/c18-17(19,20)14-10-21-16(24-15(14)22-12-4-2-5-12)23-13-6-1-3-11(9-13)7-8-25/h1,3,6,8-10,12H,2,4-5,7H2,(H2,21,22,23,24). The zero-order valence-electron chi connectivity index (χ0n) is 13.3. The SMILES string of the molecule is O=CCc1cccc(Nc2ncc(C(F)(F)F)c(NC3CCC3)n2)c1. The molecule has 1 aliphatic rings.